The van der Waals surface area contributed by atoms with Crippen molar-refractivity contribution < 1.29 is 9.18 Å². The third-order valence-corrected chi connectivity index (χ3v) is 4.66. The molecule has 1 N–H and O–H groups in total. The Morgan fingerprint density at radius 2 is 1.74 bits per heavy atom. The molecule has 4 rings (SSSR count). The van der Waals surface area contributed by atoms with Gasteiger partial charge in [-0.25, -0.2) is 9.37 Å². The quantitative estimate of drug-likeness (QED) is 0.705. The van der Waals surface area contributed by atoms with Crippen LogP contribution in [0.25, 0.3) is 22.2 Å². The number of carbonyl (C=O) groups excluding carboxylic acids is 1. The van der Waals surface area contributed by atoms with Gasteiger partial charge in [-0.2, -0.15) is 0 Å². The molecule has 0 bridgehead atoms. The number of halogens is 3. The Bertz CT molecular complexity index is 954. The van der Waals surface area contributed by atoms with E-state index in [4.69, 9.17) is 0 Å². The Morgan fingerprint density at radius 3 is 2.44 bits per heavy atom. The van der Waals surface area contributed by atoms with Gasteiger partial charge in [-0.1, -0.05) is 12.1 Å². The van der Waals surface area contributed by atoms with Gasteiger partial charge in [0.2, 0.25) is 0 Å². The molecule has 1 aliphatic rings. The number of fused-ring (bicyclic) bond motifs is 1. The lowest BCUT2D eigenvalue weighted by atomic mass is 10.0. The summed E-state index contributed by atoms with van der Waals surface area (Å²) in [6.07, 6.45) is 1.75. The lowest BCUT2D eigenvalue weighted by Crippen LogP contribution is -2.46. The van der Waals surface area contributed by atoms with Crippen LogP contribution in [0.3, 0.4) is 0 Å². The predicted octanol–water partition coefficient (Wildman–Crippen LogP) is 3.27. The first kappa shape index (κ1) is 21.2. The summed E-state index contributed by atoms with van der Waals surface area (Å²) in [5.41, 5.74) is 3.63. The number of hydrogen-bond donors (Lipinski definition) is 1. The van der Waals surface area contributed by atoms with Gasteiger partial charge < -0.3 is 14.8 Å². The molecule has 2 aromatic carbocycles. The third-order valence-electron chi connectivity index (χ3n) is 4.66. The van der Waals surface area contributed by atoms with Gasteiger partial charge in [-0.15, -0.1) is 24.8 Å². The van der Waals surface area contributed by atoms with Gasteiger partial charge in [-0.05, 0) is 35.4 Å². The number of imidazole rings is 1. The summed E-state index contributed by atoms with van der Waals surface area (Å²) < 4.78 is 16.5. The summed E-state index contributed by atoms with van der Waals surface area (Å²) in [4.78, 5) is 18.5. The first-order chi connectivity index (χ1) is 12.1. The van der Waals surface area contributed by atoms with Crippen molar-refractivity contribution >= 4 is 41.8 Å². The van der Waals surface area contributed by atoms with E-state index in [1.165, 1.54) is 6.07 Å². The van der Waals surface area contributed by atoms with Crippen LogP contribution in [0.5, 0.6) is 0 Å². The Hall–Kier alpha value is -2.15. The molecule has 0 aliphatic carbocycles. The van der Waals surface area contributed by atoms with Crippen molar-refractivity contribution in [1.29, 1.82) is 0 Å². The molecule has 2 heterocycles. The summed E-state index contributed by atoms with van der Waals surface area (Å²) in [6, 6.07) is 10.6. The topological polar surface area (TPSA) is 50.2 Å². The Morgan fingerprint density at radius 1 is 1.07 bits per heavy atom. The second-order valence-electron chi connectivity index (χ2n) is 6.30. The number of aryl methyl sites for hydroxylation is 1. The number of piperazine rings is 1. The number of carbonyl (C=O) groups is 1. The number of nitrogens with zero attached hydrogens (tertiary/aromatic N) is 3. The maximum Gasteiger partial charge on any atom is 0.256 e. The molecule has 144 valence electrons. The lowest BCUT2D eigenvalue weighted by Gasteiger charge is -2.27. The summed E-state index contributed by atoms with van der Waals surface area (Å²) >= 11 is 0. The smallest absolute Gasteiger partial charge is 0.256 e. The highest BCUT2D eigenvalue weighted by Gasteiger charge is 2.21. The molecule has 8 heteroatoms. The zero-order valence-electron chi connectivity index (χ0n) is 14.8. The lowest BCUT2D eigenvalue weighted by molar-refractivity contribution is 0.0731. The largest absolute Gasteiger partial charge is 0.336 e. The molecule has 0 atom stereocenters. The molecular formula is C19H21Cl2FN4O. The molecule has 1 saturated heterocycles. The van der Waals surface area contributed by atoms with E-state index < -0.39 is 5.82 Å². The zero-order chi connectivity index (χ0) is 17.4. The highest BCUT2D eigenvalue weighted by Crippen LogP contribution is 2.26. The van der Waals surface area contributed by atoms with E-state index in [0.717, 1.165) is 35.2 Å². The molecule has 0 radical (unpaired) electrons. The van der Waals surface area contributed by atoms with Gasteiger partial charge >= 0.3 is 0 Å². The number of benzene rings is 2. The molecule has 5 nitrogen and oxygen atoms in total. The maximum atomic E-state index is 14.6. The summed E-state index contributed by atoms with van der Waals surface area (Å²) in [5.74, 6) is -0.729. The van der Waals surface area contributed by atoms with Crippen molar-refractivity contribution in [1.82, 2.24) is 19.8 Å². The molecule has 1 aromatic heterocycles. The van der Waals surface area contributed by atoms with Gasteiger partial charge in [0.1, 0.15) is 5.82 Å². The molecule has 0 saturated carbocycles. The van der Waals surface area contributed by atoms with Crippen LogP contribution in [0, 0.1) is 5.82 Å². The van der Waals surface area contributed by atoms with E-state index in [1.807, 2.05) is 29.8 Å². The van der Waals surface area contributed by atoms with E-state index in [-0.39, 0.29) is 36.3 Å². The minimum absolute atomic E-state index is 0. The van der Waals surface area contributed by atoms with Crippen LogP contribution in [0.15, 0.2) is 42.7 Å². The van der Waals surface area contributed by atoms with Gasteiger partial charge in [0.15, 0.2) is 0 Å². The molecule has 0 spiro atoms. The molecule has 1 aliphatic heterocycles. The van der Waals surface area contributed by atoms with Crippen LogP contribution in [-0.2, 0) is 7.05 Å². The monoisotopic (exact) mass is 410 g/mol. The molecule has 1 amide bonds. The van der Waals surface area contributed by atoms with Gasteiger partial charge in [-0.3, -0.25) is 4.79 Å². The third kappa shape index (κ3) is 4.08. The van der Waals surface area contributed by atoms with E-state index in [2.05, 4.69) is 10.3 Å². The van der Waals surface area contributed by atoms with E-state index in [0.29, 0.717) is 13.1 Å². The number of aromatic nitrogens is 2. The predicted molar refractivity (Wildman–Crippen MR) is 109 cm³/mol. The fourth-order valence-corrected chi connectivity index (χ4v) is 3.22. The number of rotatable bonds is 2. The second-order valence-corrected chi connectivity index (χ2v) is 6.30. The fourth-order valence-electron chi connectivity index (χ4n) is 3.22. The Labute approximate surface area is 169 Å². The van der Waals surface area contributed by atoms with Crippen molar-refractivity contribution in [2.75, 3.05) is 26.2 Å². The minimum atomic E-state index is -0.484. The Kier molecular flexibility index (Phi) is 6.81. The number of nitrogens with one attached hydrogen (secondary N) is 1. The molecule has 0 unspecified atom stereocenters. The Balaban J connectivity index is 0.00000131. The molecular weight excluding hydrogens is 390 g/mol. The van der Waals surface area contributed by atoms with Crippen molar-refractivity contribution in [3.63, 3.8) is 0 Å². The van der Waals surface area contributed by atoms with Crippen LogP contribution >= 0.6 is 24.8 Å². The molecule has 3 aromatic rings. The average molecular weight is 411 g/mol. The highest BCUT2D eigenvalue weighted by molar-refractivity contribution is 5.95. The van der Waals surface area contributed by atoms with Crippen molar-refractivity contribution in [2.24, 2.45) is 7.05 Å². The van der Waals surface area contributed by atoms with Gasteiger partial charge in [0.25, 0.3) is 5.91 Å². The number of amides is 1. The fraction of sp³-hybridized carbons (Fsp3) is 0.263. The SMILES string of the molecule is Cl.Cl.Cn1cnc2cc(-c3ccc(C(=O)N4CCNCC4)c(F)c3)ccc21. The van der Waals surface area contributed by atoms with Crippen LogP contribution < -0.4 is 5.32 Å². The van der Waals surface area contributed by atoms with Gasteiger partial charge in [0, 0.05) is 33.2 Å². The van der Waals surface area contributed by atoms with E-state index in [9.17, 15) is 9.18 Å². The highest BCUT2D eigenvalue weighted by atomic mass is 35.5. The van der Waals surface area contributed by atoms with Crippen molar-refractivity contribution in [2.45, 2.75) is 0 Å². The van der Waals surface area contributed by atoms with Crippen LogP contribution in [-0.4, -0.2) is 46.5 Å². The maximum absolute atomic E-state index is 14.6. The summed E-state index contributed by atoms with van der Waals surface area (Å²) in [7, 11) is 1.94. The summed E-state index contributed by atoms with van der Waals surface area (Å²) in [5, 5.41) is 3.19. The average Bonchev–Trinajstić information content (AvgIpc) is 3.02. The van der Waals surface area contributed by atoms with Crippen LogP contribution in [0.1, 0.15) is 10.4 Å². The normalized spacial score (nSPS) is 13.8. The zero-order valence-corrected chi connectivity index (χ0v) is 16.4. The van der Waals surface area contributed by atoms with Crippen LogP contribution in [0.4, 0.5) is 4.39 Å². The first-order valence-corrected chi connectivity index (χ1v) is 8.34. The standard InChI is InChI=1S/C19H19FN4O.2ClH/c1-23-12-22-17-11-14(3-5-18(17)23)13-2-4-15(16(20)10-13)19(25)24-8-6-21-7-9-24;;/h2-5,10-12,21H,6-9H2,1H3;2*1H. The van der Waals surface area contributed by atoms with E-state index >= 15 is 0 Å². The number of hydrogen-bond acceptors (Lipinski definition) is 3. The molecule has 1 fully saturated rings. The molecule has 27 heavy (non-hydrogen) atoms. The first-order valence-electron chi connectivity index (χ1n) is 8.34. The van der Waals surface area contributed by atoms with Crippen LogP contribution in [0.2, 0.25) is 0 Å². The van der Waals surface area contributed by atoms with Gasteiger partial charge in [0.05, 0.1) is 22.9 Å². The second kappa shape index (κ2) is 8.69. The van der Waals surface area contributed by atoms with E-state index in [1.54, 1.807) is 23.4 Å². The summed E-state index contributed by atoms with van der Waals surface area (Å²) in [6.45, 7) is 2.71. The minimum Gasteiger partial charge on any atom is -0.336 e. The van der Waals surface area contributed by atoms with Crippen molar-refractivity contribution in [3.8, 4) is 11.1 Å². The van der Waals surface area contributed by atoms with Crippen molar-refractivity contribution in [3.05, 3.63) is 54.1 Å².